The number of nitrogens with zero attached hydrogens (tertiary/aromatic N) is 2. The molecule has 0 N–H and O–H groups in total. The fourth-order valence-electron chi connectivity index (χ4n) is 3.93. The maximum absolute atomic E-state index is 12.4. The lowest BCUT2D eigenvalue weighted by Crippen LogP contribution is -2.36. The lowest BCUT2D eigenvalue weighted by molar-refractivity contribution is 0.0279. The molecule has 0 saturated carbocycles. The Kier molecular flexibility index (Phi) is 5.14. The number of fused-ring (bicyclic) bond motifs is 1. The van der Waals surface area contributed by atoms with E-state index in [4.69, 9.17) is 4.74 Å². The summed E-state index contributed by atoms with van der Waals surface area (Å²) < 4.78 is 5.55. The van der Waals surface area contributed by atoms with Gasteiger partial charge in [0.2, 0.25) is 0 Å². The van der Waals surface area contributed by atoms with Crippen LogP contribution in [-0.2, 0) is 11.3 Å². The highest BCUT2D eigenvalue weighted by atomic mass is 16.6. The van der Waals surface area contributed by atoms with Crippen molar-refractivity contribution in [2.75, 3.05) is 26.2 Å². The molecule has 1 amide bonds. The van der Waals surface area contributed by atoms with Gasteiger partial charge in [-0.3, -0.25) is 4.90 Å². The molecule has 0 spiro atoms. The Balaban J connectivity index is 1.59. The van der Waals surface area contributed by atoms with Crippen LogP contribution in [0.1, 0.15) is 39.2 Å². The van der Waals surface area contributed by atoms with Gasteiger partial charge in [0.1, 0.15) is 5.60 Å². The molecule has 132 valence electrons. The second-order valence-electron chi connectivity index (χ2n) is 8.27. The lowest BCUT2D eigenvalue weighted by Gasteiger charge is -2.26. The number of carbonyl (C=O) groups excluding carboxylic acids is 1. The molecule has 2 aliphatic heterocycles. The zero-order valence-electron chi connectivity index (χ0n) is 15.2. The van der Waals surface area contributed by atoms with Crippen LogP contribution in [0.25, 0.3) is 0 Å². The number of likely N-dealkylation sites (tertiary alicyclic amines) is 2. The average molecular weight is 330 g/mol. The molecular formula is C20H30N2O2. The summed E-state index contributed by atoms with van der Waals surface area (Å²) in [6, 6.07) is 10.7. The summed E-state index contributed by atoms with van der Waals surface area (Å²) in [5.41, 5.74) is 0.958. The first-order valence-electron chi connectivity index (χ1n) is 9.15. The van der Waals surface area contributed by atoms with E-state index < -0.39 is 5.60 Å². The molecule has 2 saturated heterocycles. The average Bonchev–Trinajstić information content (AvgIpc) is 2.81. The van der Waals surface area contributed by atoms with Crippen molar-refractivity contribution in [1.82, 2.24) is 9.80 Å². The van der Waals surface area contributed by atoms with Crippen LogP contribution >= 0.6 is 0 Å². The molecule has 2 heterocycles. The van der Waals surface area contributed by atoms with Crippen LogP contribution in [0, 0.1) is 11.8 Å². The third-order valence-electron chi connectivity index (χ3n) is 5.02. The van der Waals surface area contributed by atoms with Gasteiger partial charge < -0.3 is 9.64 Å². The molecule has 0 aromatic heterocycles. The third-order valence-corrected chi connectivity index (χ3v) is 5.02. The van der Waals surface area contributed by atoms with E-state index in [1.165, 1.54) is 18.4 Å². The molecule has 0 radical (unpaired) electrons. The van der Waals surface area contributed by atoms with Crippen LogP contribution in [0.2, 0.25) is 0 Å². The molecule has 2 aliphatic rings. The van der Waals surface area contributed by atoms with Crippen molar-refractivity contribution < 1.29 is 9.53 Å². The highest BCUT2D eigenvalue weighted by molar-refractivity contribution is 5.68. The number of carbonyl (C=O) groups is 1. The van der Waals surface area contributed by atoms with Gasteiger partial charge in [-0.1, -0.05) is 30.3 Å². The van der Waals surface area contributed by atoms with Crippen molar-refractivity contribution in [3.63, 3.8) is 0 Å². The molecule has 2 atom stereocenters. The Hall–Kier alpha value is -1.55. The molecule has 0 bridgehead atoms. The number of hydrogen-bond donors (Lipinski definition) is 0. The number of benzene rings is 1. The molecule has 2 unspecified atom stereocenters. The monoisotopic (exact) mass is 330 g/mol. The van der Waals surface area contributed by atoms with E-state index in [1.807, 2.05) is 25.7 Å². The summed E-state index contributed by atoms with van der Waals surface area (Å²) >= 11 is 0. The van der Waals surface area contributed by atoms with E-state index in [-0.39, 0.29) is 6.09 Å². The molecule has 4 nitrogen and oxygen atoms in total. The summed E-state index contributed by atoms with van der Waals surface area (Å²) in [7, 11) is 0. The van der Waals surface area contributed by atoms with Crippen LogP contribution in [0.15, 0.2) is 30.3 Å². The predicted octanol–water partition coefficient (Wildman–Crippen LogP) is 3.77. The lowest BCUT2D eigenvalue weighted by atomic mass is 9.93. The second-order valence-corrected chi connectivity index (χ2v) is 8.27. The van der Waals surface area contributed by atoms with Gasteiger partial charge in [-0.05, 0) is 57.6 Å². The minimum Gasteiger partial charge on any atom is -0.444 e. The fraction of sp³-hybridized carbons (Fsp3) is 0.650. The standard InChI is InChI=1S/C20H30N2O2/c1-20(2,3)24-19(23)22-14-17-10-7-11-21(13-18(17)15-22)12-16-8-5-4-6-9-16/h4-6,8-9,17-18H,7,10-15H2,1-3H3. The van der Waals surface area contributed by atoms with Crippen molar-refractivity contribution in [2.45, 2.75) is 45.8 Å². The quantitative estimate of drug-likeness (QED) is 0.827. The van der Waals surface area contributed by atoms with Gasteiger partial charge in [0, 0.05) is 26.2 Å². The number of ether oxygens (including phenoxy) is 1. The van der Waals surface area contributed by atoms with E-state index in [0.717, 1.165) is 32.7 Å². The normalized spacial score (nSPS) is 25.2. The Morgan fingerprint density at radius 2 is 1.83 bits per heavy atom. The smallest absolute Gasteiger partial charge is 0.410 e. The maximum Gasteiger partial charge on any atom is 0.410 e. The minimum absolute atomic E-state index is 0.148. The molecular weight excluding hydrogens is 300 g/mol. The summed E-state index contributed by atoms with van der Waals surface area (Å²) in [5.74, 6) is 1.20. The van der Waals surface area contributed by atoms with Gasteiger partial charge in [-0.15, -0.1) is 0 Å². The minimum atomic E-state index is -0.416. The number of amides is 1. The highest BCUT2D eigenvalue weighted by Crippen LogP contribution is 2.32. The SMILES string of the molecule is CC(C)(C)OC(=O)N1CC2CCCN(Cc3ccccc3)CC2C1. The predicted molar refractivity (Wildman–Crippen MR) is 95.7 cm³/mol. The first kappa shape index (κ1) is 17.3. The van der Waals surface area contributed by atoms with Gasteiger partial charge in [0.05, 0.1) is 0 Å². The molecule has 2 fully saturated rings. The first-order chi connectivity index (χ1) is 11.4. The largest absolute Gasteiger partial charge is 0.444 e. The number of rotatable bonds is 2. The Labute approximate surface area is 145 Å². The topological polar surface area (TPSA) is 32.8 Å². The second kappa shape index (κ2) is 7.14. The van der Waals surface area contributed by atoms with E-state index in [9.17, 15) is 4.79 Å². The molecule has 1 aromatic rings. The van der Waals surface area contributed by atoms with Crippen molar-refractivity contribution >= 4 is 6.09 Å². The van der Waals surface area contributed by atoms with Crippen molar-refractivity contribution in [2.24, 2.45) is 11.8 Å². The van der Waals surface area contributed by atoms with Crippen molar-refractivity contribution in [1.29, 1.82) is 0 Å². The van der Waals surface area contributed by atoms with Crippen LogP contribution in [0.3, 0.4) is 0 Å². The van der Waals surface area contributed by atoms with Gasteiger partial charge in [-0.25, -0.2) is 4.79 Å². The van der Waals surface area contributed by atoms with E-state index in [2.05, 4.69) is 35.2 Å². The highest BCUT2D eigenvalue weighted by Gasteiger charge is 2.38. The van der Waals surface area contributed by atoms with Gasteiger partial charge in [-0.2, -0.15) is 0 Å². The van der Waals surface area contributed by atoms with Crippen LogP contribution < -0.4 is 0 Å². The summed E-state index contributed by atoms with van der Waals surface area (Å²) in [6.45, 7) is 10.7. The molecule has 0 aliphatic carbocycles. The fourth-order valence-corrected chi connectivity index (χ4v) is 3.93. The number of hydrogen-bond acceptors (Lipinski definition) is 3. The zero-order valence-corrected chi connectivity index (χ0v) is 15.2. The van der Waals surface area contributed by atoms with Gasteiger partial charge in [0.15, 0.2) is 0 Å². The first-order valence-corrected chi connectivity index (χ1v) is 9.15. The Morgan fingerprint density at radius 3 is 2.54 bits per heavy atom. The molecule has 3 rings (SSSR count). The molecule has 1 aromatic carbocycles. The summed E-state index contributed by atoms with van der Waals surface area (Å²) in [6.07, 6.45) is 2.29. The van der Waals surface area contributed by atoms with Crippen LogP contribution in [0.4, 0.5) is 4.79 Å². The summed E-state index contributed by atoms with van der Waals surface area (Å²) in [4.78, 5) is 16.8. The van der Waals surface area contributed by atoms with Gasteiger partial charge in [0.25, 0.3) is 0 Å². The zero-order chi connectivity index (χ0) is 17.2. The molecule has 24 heavy (non-hydrogen) atoms. The van der Waals surface area contributed by atoms with Crippen molar-refractivity contribution in [3.05, 3.63) is 35.9 Å². The van der Waals surface area contributed by atoms with Crippen molar-refractivity contribution in [3.8, 4) is 0 Å². The van der Waals surface area contributed by atoms with Crippen LogP contribution in [-0.4, -0.2) is 47.7 Å². The Morgan fingerprint density at radius 1 is 1.12 bits per heavy atom. The maximum atomic E-state index is 12.4. The summed E-state index contributed by atoms with van der Waals surface area (Å²) in [5, 5.41) is 0. The van der Waals surface area contributed by atoms with Crippen LogP contribution in [0.5, 0.6) is 0 Å². The van der Waals surface area contributed by atoms with E-state index in [0.29, 0.717) is 11.8 Å². The third kappa shape index (κ3) is 4.50. The van der Waals surface area contributed by atoms with E-state index >= 15 is 0 Å². The Bertz CT molecular complexity index is 553. The molecule has 4 heteroatoms. The van der Waals surface area contributed by atoms with Gasteiger partial charge >= 0.3 is 6.09 Å². The van der Waals surface area contributed by atoms with E-state index in [1.54, 1.807) is 0 Å².